The van der Waals surface area contributed by atoms with Crippen molar-refractivity contribution >= 4 is 23.3 Å². The molecule has 0 aliphatic heterocycles. The SMILES string of the molecule is Cc1nc(N)nc(Nc2ccc(N)cc2)n1. The molecule has 1 heterocycles. The molecular weight excluding hydrogens is 204 g/mol. The van der Waals surface area contributed by atoms with Crippen molar-refractivity contribution in [2.45, 2.75) is 6.92 Å². The first-order valence-electron chi connectivity index (χ1n) is 4.74. The van der Waals surface area contributed by atoms with Gasteiger partial charge in [0.05, 0.1) is 0 Å². The normalized spacial score (nSPS) is 10.1. The fourth-order valence-corrected chi connectivity index (χ4v) is 1.25. The summed E-state index contributed by atoms with van der Waals surface area (Å²) in [5, 5.41) is 3.01. The van der Waals surface area contributed by atoms with Crippen molar-refractivity contribution in [2.24, 2.45) is 0 Å². The van der Waals surface area contributed by atoms with Gasteiger partial charge >= 0.3 is 0 Å². The topological polar surface area (TPSA) is 103 Å². The number of aryl methyl sites for hydroxylation is 1. The van der Waals surface area contributed by atoms with Gasteiger partial charge in [-0.15, -0.1) is 0 Å². The second-order valence-electron chi connectivity index (χ2n) is 3.31. The van der Waals surface area contributed by atoms with E-state index < -0.39 is 0 Å². The first kappa shape index (κ1) is 10.2. The third kappa shape index (κ3) is 2.35. The monoisotopic (exact) mass is 216 g/mol. The zero-order chi connectivity index (χ0) is 11.5. The van der Waals surface area contributed by atoms with Gasteiger partial charge < -0.3 is 16.8 Å². The standard InChI is InChI=1S/C10H12N6/c1-6-13-9(12)16-10(14-6)15-8-4-2-7(11)3-5-8/h2-5H,11H2,1H3,(H3,12,13,14,15,16). The number of nitrogens with two attached hydrogens (primary N) is 2. The third-order valence-corrected chi connectivity index (χ3v) is 1.93. The maximum Gasteiger partial charge on any atom is 0.232 e. The molecule has 0 spiro atoms. The fraction of sp³-hybridized carbons (Fsp3) is 0.100. The van der Waals surface area contributed by atoms with Gasteiger partial charge in [-0.1, -0.05) is 0 Å². The summed E-state index contributed by atoms with van der Waals surface area (Å²) in [6.07, 6.45) is 0. The third-order valence-electron chi connectivity index (χ3n) is 1.93. The minimum absolute atomic E-state index is 0.199. The van der Waals surface area contributed by atoms with Crippen molar-refractivity contribution in [3.05, 3.63) is 30.1 Å². The van der Waals surface area contributed by atoms with Crippen LogP contribution in [-0.4, -0.2) is 15.0 Å². The van der Waals surface area contributed by atoms with Gasteiger partial charge in [-0.05, 0) is 31.2 Å². The summed E-state index contributed by atoms with van der Waals surface area (Å²) < 4.78 is 0. The van der Waals surface area contributed by atoms with Crippen LogP contribution in [0.5, 0.6) is 0 Å². The van der Waals surface area contributed by atoms with Crippen LogP contribution in [0.4, 0.5) is 23.3 Å². The molecule has 6 heteroatoms. The Hall–Kier alpha value is -2.37. The molecule has 0 bridgehead atoms. The van der Waals surface area contributed by atoms with E-state index in [0.717, 1.165) is 5.69 Å². The van der Waals surface area contributed by atoms with Gasteiger partial charge in [0, 0.05) is 11.4 Å². The minimum atomic E-state index is 0.199. The molecule has 2 rings (SSSR count). The molecule has 2 aromatic rings. The molecule has 0 radical (unpaired) electrons. The average molecular weight is 216 g/mol. The van der Waals surface area contributed by atoms with Crippen LogP contribution in [0.2, 0.25) is 0 Å². The molecule has 82 valence electrons. The lowest BCUT2D eigenvalue weighted by molar-refractivity contribution is 0.995. The summed E-state index contributed by atoms with van der Waals surface area (Å²) in [7, 11) is 0. The summed E-state index contributed by atoms with van der Waals surface area (Å²) in [5.41, 5.74) is 12.6. The molecule has 16 heavy (non-hydrogen) atoms. The van der Waals surface area contributed by atoms with Crippen LogP contribution >= 0.6 is 0 Å². The fourth-order valence-electron chi connectivity index (χ4n) is 1.25. The summed E-state index contributed by atoms with van der Waals surface area (Å²) in [5.74, 6) is 1.20. The molecule has 0 atom stereocenters. The van der Waals surface area contributed by atoms with Gasteiger partial charge in [0.15, 0.2) is 0 Å². The van der Waals surface area contributed by atoms with Gasteiger partial charge in [0.2, 0.25) is 11.9 Å². The quantitative estimate of drug-likeness (QED) is 0.649. The first-order chi connectivity index (χ1) is 7.63. The predicted molar refractivity (Wildman–Crippen MR) is 63.1 cm³/mol. The molecule has 0 fully saturated rings. The molecule has 1 aromatic heterocycles. The predicted octanol–water partition coefficient (Wildman–Crippen LogP) is 1.09. The highest BCUT2D eigenvalue weighted by atomic mass is 15.2. The lowest BCUT2D eigenvalue weighted by Gasteiger charge is -2.05. The zero-order valence-corrected chi connectivity index (χ0v) is 8.81. The Morgan fingerprint density at radius 3 is 2.31 bits per heavy atom. The lowest BCUT2D eigenvalue weighted by atomic mass is 10.3. The van der Waals surface area contributed by atoms with Crippen LogP contribution in [0, 0.1) is 6.92 Å². The van der Waals surface area contributed by atoms with Gasteiger partial charge in [-0.25, -0.2) is 0 Å². The molecule has 0 saturated carbocycles. The van der Waals surface area contributed by atoms with E-state index in [0.29, 0.717) is 17.5 Å². The van der Waals surface area contributed by atoms with Crippen molar-refractivity contribution < 1.29 is 0 Å². The molecule has 0 saturated heterocycles. The largest absolute Gasteiger partial charge is 0.399 e. The Morgan fingerprint density at radius 2 is 1.69 bits per heavy atom. The van der Waals surface area contributed by atoms with Crippen LogP contribution in [-0.2, 0) is 0 Å². The van der Waals surface area contributed by atoms with Crippen LogP contribution in [0.25, 0.3) is 0 Å². The number of hydrogen-bond donors (Lipinski definition) is 3. The molecule has 0 aliphatic carbocycles. The number of rotatable bonds is 2. The maximum atomic E-state index is 5.58. The van der Waals surface area contributed by atoms with Crippen molar-refractivity contribution in [3.8, 4) is 0 Å². The minimum Gasteiger partial charge on any atom is -0.399 e. The molecular formula is C10H12N6. The molecule has 0 unspecified atom stereocenters. The number of nitrogen functional groups attached to an aromatic ring is 2. The molecule has 1 aromatic carbocycles. The van der Waals surface area contributed by atoms with E-state index in [4.69, 9.17) is 11.5 Å². The van der Waals surface area contributed by atoms with Crippen molar-refractivity contribution in [1.82, 2.24) is 15.0 Å². The van der Waals surface area contributed by atoms with E-state index in [9.17, 15) is 0 Å². The zero-order valence-electron chi connectivity index (χ0n) is 8.81. The number of nitrogens with zero attached hydrogens (tertiary/aromatic N) is 3. The number of anilines is 4. The maximum absolute atomic E-state index is 5.58. The van der Waals surface area contributed by atoms with E-state index in [-0.39, 0.29) is 5.95 Å². The highest BCUT2D eigenvalue weighted by Crippen LogP contribution is 2.14. The molecule has 0 aliphatic rings. The Morgan fingerprint density at radius 1 is 1.00 bits per heavy atom. The van der Waals surface area contributed by atoms with Crippen LogP contribution in [0.15, 0.2) is 24.3 Å². The molecule has 0 amide bonds. The van der Waals surface area contributed by atoms with E-state index in [1.807, 2.05) is 12.1 Å². The van der Waals surface area contributed by atoms with E-state index in [1.165, 1.54) is 0 Å². The highest BCUT2D eigenvalue weighted by Gasteiger charge is 2.01. The van der Waals surface area contributed by atoms with Gasteiger partial charge in [0.1, 0.15) is 5.82 Å². The first-order valence-corrected chi connectivity index (χ1v) is 4.74. The van der Waals surface area contributed by atoms with E-state index >= 15 is 0 Å². The van der Waals surface area contributed by atoms with Gasteiger partial charge in [0.25, 0.3) is 0 Å². The summed E-state index contributed by atoms with van der Waals surface area (Å²) in [6, 6.07) is 7.26. The van der Waals surface area contributed by atoms with Crippen molar-refractivity contribution in [1.29, 1.82) is 0 Å². The Balaban J connectivity index is 2.23. The van der Waals surface area contributed by atoms with Crippen LogP contribution < -0.4 is 16.8 Å². The highest BCUT2D eigenvalue weighted by molar-refractivity contribution is 5.57. The van der Waals surface area contributed by atoms with Crippen molar-refractivity contribution in [3.63, 3.8) is 0 Å². The Kier molecular flexibility index (Phi) is 2.55. The molecule has 5 N–H and O–H groups in total. The van der Waals surface area contributed by atoms with Crippen LogP contribution in [0.3, 0.4) is 0 Å². The van der Waals surface area contributed by atoms with Gasteiger partial charge in [-0.3, -0.25) is 0 Å². The summed E-state index contributed by atoms with van der Waals surface area (Å²) >= 11 is 0. The lowest BCUT2D eigenvalue weighted by Crippen LogP contribution is -2.04. The van der Waals surface area contributed by atoms with Crippen LogP contribution in [0.1, 0.15) is 5.82 Å². The second kappa shape index (κ2) is 4.01. The Labute approximate surface area is 92.7 Å². The van der Waals surface area contributed by atoms with Crippen molar-refractivity contribution in [2.75, 3.05) is 16.8 Å². The second-order valence-corrected chi connectivity index (χ2v) is 3.31. The molecule has 6 nitrogen and oxygen atoms in total. The smallest absolute Gasteiger partial charge is 0.232 e. The summed E-state index contributed by atoms with van der Waals surface area (Å²) in [4.78, 5) is 12.0. The number of aromatic nitrogens is 3. The Bertz CT molecular complexity index is 473. The van der Waals surface area contributed by atoms with E-state index in [1.54, 1.807) is 19.1 Å². The number of benzene rings is 1. The summed E-state index contributed by atoms with van der Waals surface area (Å²) in [6.45, 7) is 1.76. The number of hydrogen-bond acceptors (Lipinski definition) is 6. The van der Waals surface area contributed by atoms with E-state index in [2.05, 4.69) is 20.3 Å². The average Bonchev–Trinajstić information content (AvgIpc) is 2.20. The van der Waals surface area contributed by atoms with Gasteiger partial charge in [-0.2, -0.15) is 15.0 Å². The number of nitrogens with one attached hydrogen (secondary N) is 1.